The van der Waals surface area contributed by atoms with E-state index in [0.717, 1.165) is 43.3 Å². The molecule has 104 valence electrons. The molecule has 0 aliphatic carbocycles. The first kappa shape index (κ1) is 13.1. The summed E-state index contributed by atoms with van der Waals surface area (Å²) in [6, 6.07) is 10.2. The van der Waals surface area contributed by atoms with Gasteiger partial charge in [-0.15, -0.1) is 0 Å². The lowest BCUT2D eigenvalue weighted by molar-refractivity contribution is 0.561. The Morgan fingerprint density at radius 2 is 1.85 bits per heavy atom. The molecule has 0 radical (unpaired) electrons. The molecule has 1 aromatic heterocycles. The van der Waals surface area contributed by atoms with Crippen molar-refractivity contribution in [2.75, 3.05) is 31.1 Å². The summed E-state index contributed by atoms with van der Waals surface area (Å²) in [4.78, 5) is 11.3. The summed E-state index contributed by atoms with van der Waals surface area (Å²) < 4.78 is 0. The monoisotopic (exact) mass is 268 g/mol. The molecular weight excluding hydrogens is 248 g/mol. The van der Waals surface area contributed by atoms with Gasteiger partial charge in [-0.1, -0.05) is 37.3 Å². The van der Waals surface area contributed by atoms with Gasteiger partial charge < -0.3 is 10.2 Å². The van der Waals surface area contributed by atoms with Gasteiger partial charge in [-0.3, -0.25) is 0 Å². The Balaban J connectivity index is 1.79. The van der Waals surface area contributed by atoms with E-state index in [1.54, 1.807) is 0 Å². The molecule has 2 heterocycles. The maximum Gasteiger partial charge on any atom is 0.225 e. The van der Waals surface area contributed by atoms with Crippen LogP contribution >= 0.6 is 0 Å². The van der Waals surface area contributed by atoms with Crippen LogP contribution in [0.5, 0.6) is 0 Å². The van der Waals surface area contributed by atoms with Crippen molar-refractivity contribution in [1.82, 2.24) is 15.3 Å². The average Bonchev–Trinajstić information content (AvgIpc) is 2.73. The highest BCUT2D eigenvalue weighted by molar-refractivity contribution is 5.61. The van der Waals surface area contributed by atoms with Gasteiger partial charge in [0.1, 0.15) is 0 Å². The smallest absolute Gasteiger partial charge is 0.225 e. The fraction of sp³-hybridized carbons (Fsp3) is 0.375. The van der Waals surface area contributed by atoms with Gasteiger partial charge in [-0.25, -0.2) is 9.97 Å². The highest BCUT2D eigenvalue weighted by Gasteiger charge is 2.16. The minimum Gasteiger partial charge on any atom is -0.339 e. The molecule has 4 nitrogen and oxygen atoms in total. The third-order valence-electron chi connectivity index (χ3n) is 3.61. The summed E-state index contributed by atoms with van der Waals surface area (Å²) in [5.74, 6) is 1.45. The van der Waals surface area contributed by atoms with Crippen LogP contribution in [0, 0.1) is 5.92 Å². The number of nitrogens with one attached hydrogen (secondary N) is 1. The number of benzene rings is 1. The van der Waals surface area contributed by atoms with Crippen LogP contribution in [0.4, 0.5) is 5.95 Å². The average molecular weight is 268 g/mol. The summed E-state index contributed by atoms with van der Waals surface area (Å²) in [6.07, 6.45) is 3.83. The van der Waals surface area contributed by atoms with Crippen molar-refractivity contribution in [2.24, 2.45) is 5.92 Å². The molecule has 0 bridgehead atoms. The molecule has 1 fully saturated rings. The summed E-state index contributed by atoms with van der Waals surface area (Å²) in [5, 5.41) is 3.44. The third kappa shape index (κ3) is 2.96. The van der Waals surface area contributed by atoms with Crippen LogP contribution in [0.2, 0.25) is 0 Å². The Morgan fingerprint density at radius 3 is 2.60 bits per heavy atom. The Hall–Kier alpha value is -1.94. The minimum atomic E-state index is 0.620. The standard InChI is InChI=1S/C16H20N4/c1-13-9-17-7-8-20(12-13)16-18-10-15(11-19-16)14-5-3-2-4-6-14/h2-6,10-11,13,17H,7-9,12H2,1H3. The van der Waals surface area contributed by atoms with Crippen molar-refractivity contribution in [3.63, 3.8) is 0 Å². The number of nitrogens with zero attached hydrogens (tertiary/aromatic N) is 3. The predicted molar refractivity (Wildman–Crippen MR) is 81.7 cm³/mol. The molecule has 1 N–H and O–H groups in total. The first-order valence-electron chi connectivity index (χ1n) is 7.16. The Labute approximate surface area is 119 Å². The summed E-state index contributed by atoms with van der Waals surface area (Å²) >= 11 is 0. The van der Waals surface area contributed by atoms with Gasteiger partial charge >= 0.3 is 0 Å². The van der Waals surface area contributed by atoms with E-state index in [0.29, 0.717) is 5.92 Å². The molecule has 3 rings (SSSR count). The van der Waals surface area contributed by atoms with E-state index in [-0.39, 0.29) is 0 Å². The molecule has 20 heavy (non-hydrogen) atoms. The molecule has 0 amide bonds. The maximum atomic E-state index is 4.54. The molecule has 1 atom stereocenters. The molecule has 4 heteroatoms. The summed E-state index contributed by atoms with van der Waals surface area (Å²) in [7, 11) is 0. The van der Waals surface area contributed by atoms with E-state index in [1.165, 1.54) is 0 Å². The number of hydrogen-bond donors (Lipinski definition) is 1. The Bertz CT molecular complexity index is 538. The van der Waals surface area contributed by atoms with E-state index in [9.17, 15) is 0 Å². The number of anilines is 1. The van der Waals surface area contributed by atoms with Crippen LogP contribution in [-0.4, -0.2) is 36.1 Å². The zero-order valence-corrected chi connectivity index (χ0v) is 11.8. The van der Waals surface area contributed by atoms with Crippen molar-refractivity contribution < 1.29 is 0 Å². The van der Waals surface area contributed by atoms with E-state index in [2.05, 4.69) is 39.2 Å². The van der Waals surface area contributed by atoms with Crippen LogP contribution in [0.1, 0.15) is 6.92 Å². The second-order valence-electron chi connectivity index (χ2n) is 5.39. The van der Waals surface area contributed by atoms with Crippen LogP contribution in [-0.2, 0) is 0 Å². The Morgan fingerprint density at radius 1 is 1.10 bits per heavy atom. The molecular formula is C16H20N4. The topological polar surface area (TPSA) is 41.0 Å². The van der Waals surface area contributed by atoms with Crippen LogP contribution < -0.4 is 10.2 Å². The van der Waals surface area contributed by atoms with Crippen LogP contribution in [0.15, 0.2) is 42.7 Å². The lowest BCUT2D eigenvalue weighted by atomic mass is 10.1. The summed E-state index contributed by atoms with van der Waals surface area (Å²) in [6.45, 7) is 6.29. The number of rotatable bonds is 2. The molecule has 1 aliphatic rings. The first-order chi connectivity index (χ1) is 9.83. The fourth-order valence-corrected chi connectivity index (χ4v) is 2.54. The van der Waals surface area contributed by atoms with Crippen LogP contribution in [0.25, 0.3) is 11.1 Å². The second-order valence-corrected chi connectivity index (χ2v) is 5.39. The quantitative estimate of drug-likeness (QED) is 0.906. The van der Waals surface area contributed by atoms with Gasteiger partial charge in [0.05, 0.1) is 0 Å². The highest BCUT2D eigenvalue weighted by Crippen LogP contribution is 2.19. The number of hydrogen-bond acceptors (Lipinski definition) is 4. The lowest BCUT2D eigenvalue weighted by Crippen LogP contribution is -2.30. The van der Waals surface area contributed by atoms with Crippen LogP contribution in [0.3, 0.4) is 0 Å². The normalized spacial score (nSPS) is 19.6. The highest BCUT2D eigenvalue weighted by atomic mass is 15.3. The lowest BCUT2D eigenvalue weighted by Gasteiger charge is -2.22. The van der Waals surface area contributed by atoms with Crippen molar-refractivity contribution in [2.45, 2.75) is 6.92 Å². The molecule has 0 spiro atoms. The zero-order valence-electron chi connectivity index (χ0n) is 11.8. The largest absolute Gasteiger partial charge is 0.339 e. The molecule has 2 aromatic rings. The molecule has 1 aromatic carbocycles. The van der Waals surface area contributed by atoms with Gasteiger partial charge in [0.15, 0.2) is 0 Å². The van der Waals surface area contributed by atoms with Crippen molar-refractivity contribution in [3.05, 3.63) is 42.7 Å². The van der Waals surface area contributed by atoms with E-state index in [1.807, 2.05) is 30.6 Å². The number of aromatic nitrogens is 2. The van der Waals surface area contributed by atoms with Crippen molar-refractivity contribution in [3.8, 4) is 11.1 Å². The van der Waals surface area contributed by atoms with Gasteiger partial charge in [0.25, 0.3) is 0 Å². The molecule has 1 saturated heterocycles. The van der Waals surface area contributed by atoms with Crippen molar-refractivity contribution in [1.29, 1.82) is 0 Å². The van der Waals surface area contributed by atoms with E-state index >= 15 is 0 Å². The predicted octanol–water partition coefficient (Wildman–Crippen LogP) is 2.19. The van der Waals surface area contributed by atoms with Gasteiger partial charge in [0.2, 0.25) is 5.95 Å². The Kier molecular flexibility index (Phi) is 3.92. The molecule has 0 saturated carbocycles. The maximum absolute atomic E-state index is 4.54. The second kappa shape index (κ2) is 6.01. The molecule has 1 unspecified atom stereocenters. The molecule has 1 aliphatic heterocycles. The minimum absolute atomic E-state index is 0.620. The van der Waals surface area contributed by atoms with E-state index in [4.69, 9.17) is 0 Å². The SMILES string of the molecule is CC1CNCCN(c2ncc(-c3ccccc3)cn2)C1. The third-order valence-corrected chi connectivity index (χ3v) is 3.61. The van der Waals surface area contributed by atoms with Crippen molar-refractivity contribution >= 4 is 5.95 Å². The summed E-state index contributed by atoms with van der Waals surface area (Å²) in [5.41, 5.74) is 2.22. The van der Waals surface area contributed by atoms with E-state index < -0.39 is 0 Å². The fourth-order valence-electron chi connectivity index (χ4n) is 2.54. The van der Waals surface area contributed by atoms with Gasteiger partial charge in [0, 0.05) is 37.6 Å². The zero-order chi connectivity index (χ0) is 13.8. The first-order valence-corrected chi connectivity index (χ1v) is 7.16. The van der Waals surface area contributed by atoms with Gasteiger partial charge in [-0.2, -0.15) is 0 Å². The van der Waals surface area contributed by atoms with Gasteiger partial charge in [-0.05, 0) is 18.0 Å².